The number of aromatic amines is 1. The number of ether oxygens (including phenoxy) is 1. The number of rotatable bonds is 4. The molecule has 0 aliphatic carbocycles. The number of alkyl halides is 3. The number of fused-ring (bicyclic) bond motifs is 2. The Morgan fingerprint density at radius 3 is 2.62 bits per heavy atom. The number of imidazole rings is 1. The highest BCUT2D eigenvalue weighted by Gasteiger charge is 2.30. The standard InChI is InChI=1S/C18H12F3N9O2/c1-29-13-14(27-28-29)23-8-30(17(13)31)7-11-24-15-16(25-11)26-12(6-22-15)32-10-4-2-9(3-5-10)18(19,20)21/h2-6,8H,7H2,1H3,(H,22,24,25,26). The highest BCUT2D eigenvalue weighted by atomic mass is 19.4. The number of halogens is 3. The van der Waals surface area contributed by atoms with Crippen LogP contribution in [0.15, 0.2) is 41.6 Å². The molecule has 0 bridgehead atoms. The van der Waals surface area contributed by atoms with E-state index in [2.05, 4.69) is 35.2 Å². The molecule has 0 aliphatic heterocycles. The Bertz CT molecular complexity index is 1500. The molecule has 0 spiro atoms. The van der Waals surface area contributed by atoms with Crippen molar-refractivity contribution in [2.75, 3.05) is 0 Å². The molecule has 11 nitrogen and oxygen atoms in total. The van der Waals surface area contributed by atoms with Crippen molar-refractivity contribution in [2.45, 2.75) is 12.7 Å². The van der Waals surface area contributed by atoms with Crippen molar-refractivity contribution in [1.82, 2.24) is 44.5 Å². The molecule has 0 amide bonds. The Morgan fingerprint density at radius 2 is 1.88 bits per heavy atom. The van der Waals surface area contributed by atoms with E-state index in [0.717, 1.165) is 12.1 Å². The third-order valence-electron chi connectivity index (χ3n) is 4.55. The summed E-state index contributed by atoms with van der Waals surface area (Å²) >= 11 is 0. The number of aromatic nitrogens is 9. The molecule has 1 N–H and O–H groups in total. The zero-order valence-corrected chi connectivity index (χ0v) is 16.2. The average molecular weight is 443 g/mol. The molecule has 0 saturated heterocycles. The van der Waals surface area contributed by atoms with Crippen molar-refractivity contribution in [3.05, 3.63) is 58.5 Å². The lowest BCUT2D eigenvalue weighted by Crippen LogP contribution is -2.23. The molecule has 4 heterocycles. The number of nitrogens with zero attached hydrogens (tertiary/aromatic N) is 8. The Morgan fingerprint density at radius 1 is 1.09 bits per heavy atom. The van der Waals surface area contributed by atoms with Crippen LogP contribution in [0, 0.1) is 0 Å². The first-order valence-electron chi connectivity index (χ1n) is 9.09. The number of aryl methyl sites for hydroxylation is 1. The number of nitrogens with one attached hydrogen (secondary N) is 1. The molecule has 5 aromatic rings. The summed E-state index contributed by atoms with van der Waals surface area (Å²) in [4.78, 5) is 32.3. The zero-order valence-electron chi connectivity index (χ0n) is 16.2. The smallest absolute Gasteiger partial charge is 0.416 e. The van der Waals surface area contributed by atoms with E-state index in [-0.39, 0.29) is 46.2 Å². The molecule has 1 aromatic carbocycles. The summed E-state index contributed by atoms with van der Waals surface area (Å²) in [5, 5.41) is 7.58. The van der Waals surface area contributed by atoms with Gasteiger partial charge in [-0.25, -0.2) is 19.6 Å². The number of benzene rings is 1. The first kappa shape index (κ1) is 19.6. The fourth-order valence-electron chi connectivity index (χ4n) is 3.04. The number of hydrogen-bond acceptors (Lipinski definition) is 8. The zero-order chi connectivity index (χ0) is 22.5. The summed E-state index contributed by atoms with van der Waals surface area (Å²) in [5.41, 5.74) is -0.0544. The van der Waals surface area contributed by atoms with Gasteiger partial charge in [-0.1, -0.05) is 5.21 Å². The lowest BCUT2D eigenvalue weighted by Gasteiger charge is -2.08. The lowest BCUT2D eigenvalue weighted by molar-refractivity contribution is -0.137. The second kappa shape index (κ2) is 7.11. The normalized spacial score (nSPS) is 12.0. The van der Waals surface area contributed by atoms with Gasteiger partial charge in [-0.15, -0.1) is 5.10 Å². The van der Waals surface area contributed by atoms with E-state index in [0.29, 0.717) is 5.82 Å². The van der Waals surface area contributed by atoms with Gasteiger partial charge in [0.15, 0.2) is 16.8 Å². The molecule has 4 aromatic heterocycles. The van der Waals surface area contributed by atoms with Crippen LogP contribution in [0.3, 0.4) is 0 Å². The van der Waals surface area contributed by atoms with E-state index in [1.807, 2.05) is 0 Å². The monoisotopic (exact) mass is 443 g/mol. The van der Waals surface area contributed by atoms with Gasteiger partial charge in [0.2, 0.25) is 11.5 Å². The maximum absolute atomic E-state index is 12.7. The van der Waals surface area contributed by atoms with E-state index in [1.54, 1.807) is 7.05 Å². The van der Waals surface area contributed by atoms with Crippen molar-refractivity contribution < 1.29 is 17.9 Å². The molecule has 32 heavy (non-hydrogen) atoms. The quantitative estimate of drug-likeness (QED) is 0.447. The Balaban J connectivity index is 1.39. The molecular weight excluding hydrogens is 431 g/mol. The molecule has 0 radical (unpaired) electrons. The van der Waals surface area contributed by atoms with Crippen LogP contribution in [0.4, 0.5) is 13.2 Å². The number of H-pyrrole nitrogens is 1. The molecule has 0 saturated carbocycles. The van der Waals surface area contributed by atoms with Crippen molar-refractivity contribution in [2.24, 2.45) is 7.05 Å². The lowest BCUT2D eigenvalue weighted by atomic mass is 10.2. The second-order valence-corrected chi connectivity index (χ2v) is 6.75. The molecule has 0 atom stereocenters. The van der Waals surface area contributed by atoms with E-state index < -0.39 is 11.7 Å². The van der Waals surface area contributed by atoms with Crippen LogP contribution in [0.1, 0.15) is 11.4 Å². The topological polar surface area (TPSA) is 129 Å². The molecule has 0 fully saturated rings. The minimum absolute atomic E-state index is 0.0636. The van der Waals surface area contributed by atoms with Gasteiger partial charge >= 0.3 is 6.18 Å². The minimum Gasteiger partial charge on any atom is -0.437 e. The van der Waals surface area contributed by atoms with Gasteiger partial charge in [0, 0.05) is 7.05 Å². The van der Waals surface area contributed by atoms with Gasteiger partial charge in [0.1, 0.15) is 17.9 Å². The molecular formula is C18H12F3N9O2. The molecule has 14 heteroatoms. The van der Waals surface area contributed by atoms with Crippen molar-refractivity contribution in [3.8, 4) is 11.6 Å². The van der Waals surface area contributed by atoms with E-state index in [9.17, 15) is 18.0 Å². The predicted octanol–water partition coefficient (Wildman–Crippen LogP) is 2.05. The van der Waals surface area contributed by atoms with Gasteiger partial charge in [-0.2, -0.15) is 18.2 Å². The Kier molecular flexibility index (Phi) is 4.35. The van der Waals surface area contributed by atoms with E-state index >= 15 is 0 Å². The fourth-order valence-corrected chi connectivity index (χ4v) is 3.04. The van der Waals surface area contributed by atoms with Crippen LogP contribution >= 0.6 is 0 Å². The molecule has 5 rings (SSSR count). The summed E-state index contributed by atoms with van der Waals surface area (Å²) in [5.74, 6) is 0.626. The maximum atomic E-state index is 12.7. The highest BCUT2D eigenvalue weighted by Crippen LogP contribution is 2.31. The van der Waals surface area contributed by atoms with Crippen LogP contribution in [-0.2, 0) is 19.8 Å². The van der Waals surface area contributed by atoms with Gasteiger partial charge in [0.05, 0.1) is 18.3 Å². The summed E-state index contributed by atoms with van der Waals surface area (Å²) < 4.78 is 46.2. The molecule has 0 unspecified atom stereocenters. The van der Waals surface area contributed by atoms with Crippen LogP contribution in [0.25, 0.3) is 22.5 Å². The molecule has 0 aliphatic rings. The van der Waals surface area contributed by atoms with Gasteiger partial charge < -0.3 is 9.72 Å². The Labute approximate surface area is 175 Å². The van der Waals surface area contributed by atoms with Crippen molar-refractivity contribution in [3.63, 3.8) is 0 Å². The van der Waals surface area contributed by atoms with E-state index in [1.165, 1.54) is 33.9 Å². The first-order valence-corrected chi connectivity index (χ1v) is 9.09. The second-order valence-electron chi connectivity index (χ2n) is 6.75. The maximum Gasteiger partial charge on any atom is 0.416 e. The number of hydrogen-bond donors (Lipinski definition) is 1. The van der Waals surface area contributed by atoms with Gasteiger partial charge in [-0.05, 0) is 24.3 Å². The fraction of sp³-hybridized carbons (Fsp3) is 0.167. The minimum atomic E-state index is -4.43. The predicted molar refractivity (Wildman–Crippen MR) is 103 cm³/mol. The van der Waals surface area contributed by atoms with Crippen LogP contribution in [0.2, 0.25) is 0 Å². The van der Waals surface area contributed by atoms with Crippen molar-refractivity contribution >= 4 is 22.5 Å². The average Bonchev–Trinajstić information content (AvgIpc) is 3.32. The van der Waals surface area contributed by atoms with Gasteiger partial charge in [-0.3, -0.25) is 9.36 Å². The van der Waals surface area contributed by atoms with Crippen LogP contribution in [0.5, 0.6) is 11.6 Å². The SMILES string of the molecule is Cn1nnc2ncn(Cc3nc4ncc(Oc5ccc(C(F)(F)F)cc5)nc4[nH]3)c(=O)c21. The van der Waals surface area contributed by atoms with Crippen LogP contribution < -0.4 is 10.3 Å². The largest absolute Gasteiger partial charge is 0.437 e. The summed E-state index contributed by atoms with van der Waals surface area (Å²) in [6.45, 7) is 0.0695. The third kappa shape index (κ3) is 3.51. The summed E-state index contributed by atoms with van der Waals surface area (Å²) in [6.07, 6.45) is -1.79. The first-order chi connectivity index (χ1) is 15.3. The highest BCUT2D eigenvalue weighted by molar-refractivity contribution is 5.68. The van der Waals surface area contributed by atoms with Gasteiger partial charge in [0.25, 0.3) is 5.56 Å². The van der Waals surface area contributed by atoms with E-state index in [4.69, 9.17) is 4.74 Å². The summed E-state index contributed by atoms with van der Waals surface area (Å²) in [6, 6.07) is 4.21. The van der Waals surface area contributed by atoms with Crippen molar-refractivity contribution in [1.29, 1.82) is 0 Å². The third-order valence-corrected chi connectivity index (χ3v) is 4.55. The Hall–Kier alpha value is -4.36. The van der Waals surface area contributed by atoms with Crippen LogP contribution in [-0.4, -0.2) is 44.5 Å². The molecule has 162 valence electrons. The summed E-state index contributed by atoms with van der Waals surface area (Å²) in [7, 11) is 1.59.